The maximum absolute atomic E-state index is 11.2. The molecule has 0 saturated heterocycles. The maximum Gasteiger partial charge on any atom is 0.339 e. The van der Waals surface area contributed by atoms with Gasteiger partial charge < -0.3 is 15.5 Å². The number of phenols is 1. The van der Waals surface area contributed by atoms with Gasteiger partial charge in [-0.25, -0.2) is 4.79 Å². The first-order valence-electron chi connectivity index (χ1n) is 5.67. The lowest BCUT2D eigenvalue weighted by Crippen LogP contribution is -2.10. The molecule has 5 heteroatoms. The van der Waals surface area contributed by atoms with E-state index >= 15 is 0 Å². The zero-order valence-electron chi connectivity index (χ0n) is 10.9. The minimum atomic E-state index is -1.60. The van der Waals surface area contributed by atoms with Gasteiger partial charge in [0.1, 0.15) is 11.3 Å². The molecule has 1 rings (SSSR count). The molecule has 1 aromatic rings. The Morgan fingerprint density at radius 1 is 1.53 bits per heavy atom. The topological polar surface area (TPSA) is 86.6 Å². The zero-order chi connectivity index (χ0) is 14.0. The van der Waals surface area contributed by atoms with Gasteiger partial charge >= 0.3 is 5.97 Å². The van der Waals surface area contributed by atoms with Gasteiger partial charge in [0.15, 0.2) is 0 Å². The standard InChI is InChI=1S/C10H11NO4/c1-2-9(13)11-6-3-4-8(12)7(5-6)10(14)15/h3-5,12H,2H2,1H3,(H,11,13)(H,14,15)/i3D,4D,5D. The van der Waals surface area contributed by atoms with Crippen LogP contribution in [-0.2, 0) is 4.79 Å². The molecule has 80 valence electrons. The van der Waals surface area contributed by atoms with Crippen LogP contribution in [0.5, 0.6) is 5.75 Å². The molecule has 0 spiro atoms. The Hall–Kier alpha value is -2.04. The summed E-state index contributed by atoms with van der Waals surface area (Å²) in [7, 11) is 0. The van der Waals surface area contributed by atoms with Gasteiger partial charge in [-0.05, 0) is 18.1 Å². The molecule has 0 heterocycles. The van der Waals surface area contributed by atoms with E-state index in [1.165, 1.54) is 0 Å². The number of hydrogen-bond donors (Lipinski definition) is 3. The van der Waals surface area contributed by atoms with Crippen molar-refractivity contribution in [3.05, 3.63) is 23.7 Å². The molecular formula is C10H11NO4. The van der Waals surface area contributed by atoms with Crippen LogP contribution < -0.4 is 5.32 Å². The van der Waals surface area contributed by atoms with E-state index in [9.17, 15) is 14.7 Å². The number of carbonyl (C=O) groups excluding carboxylic acids is 1. The van der Waals surface area contributed by atoms with Crippen molar-refractivity contribution in [1.29, 1.82) is 0 Å². The van der Waals surface area contributed by atoms with Crippen LogP contribution in [-0.4, -0.2) is 22.1 Å². The Morgan fingerprint density at radius 2 is 2.20 bits per heavy atom. The average molecular weight is 212 g/mol. The number of nitrogens with one attached hydrogen (secondary N) is 1. The second kappa shape index (κ2) is 4.45. The summed E-state index contributed by atoms with van der Waals surface area (Å²) in [5, 5.41) is 20.4. The second-order valence-corrected chi connectivity index (χ2v) is 2.68. The molecule has 0 aliphatic heterocycles. The van der Waals surface area contributed by atoms with Crippen molar-refractivity contribution in [2.24, 2.45) is 0 Å². The quantitative estimate of drug-likeness (QED) is 0.661. The van der Waals surface area contributed by atoms with Crippen molar-refractivity contribution in [2.45, 2.75) is 13.3 Å². The smallest absolute Gasteiger partial charge is 0.339 e. The fraction of sp³-hybridized carbons (Fsp3) is 0.200. The molecule has 5 nitrogen and oxygen atoms in total. The lowest BCUT2D eigenvalue weighted by atomic mass is 10.2. The largest absolute Gasteiger partial charge is 0.507 e. The van der Waals surface area contributed by atoms with Crippen LogP contribution in [0.2, 0.25) is 0 Å². The summed E-state index contributed by atoms with van der Waals surface area (Å²) >= 11 is 0. The van der Waals surface area contributed by atoms with Crippen LogP contribution in [0.25, 0.3) is 0 Å². The third-order valence-corrected chi connectivity index (χ3v) is 1.59. The van der Waals surface area contributed by atoms with Gasteiger partial charge in [0.2, 0.25) is 5.91 Å². The van der Waals surface area contributed by atoms with Crippen LogP contribution in [0.3, 0.4) is 0 Å². The Balaban J connectivity index is 3.52. The number of anilines is 1. The first-order valence-corrected chi connectivity index (χ1v) is 4.17. The summed E-state index contributed by atoms with van der Waals surface area (Å²) in [4.78, 5) is 22.1. The summed E-state index contributed by atoms with van der Waals surface area (Å²) < 4.78 is 22.5. The molecule has 0 unspecified atom stereocenters. The summed E-state index contributed by atoms with van der Waals surface area (Å²) in [5.41, 5.74) is -1.19. The number of benzene rings is 1. The van der Waals surface area contributed by atoms with E-state index in [0.717, 1.165) is 0 Å². The van der Waals surface area contributed by atoms with E-state index < -0.39 is 41.3 Å². The first-order chi connectivity index (χ1) is 8.31. The molecule has 0 fully saturated rings. The Labute approximate surface area is 90.6 Å². The van der Waals surface area contributed by atoms with Gasteiger partial charge in [-0.2, -0.15) is 0 Å². The lowest BCUT2D eigenvalue weighted by Gasteiger charge is -2.05. The summed E-state index contributed by atoms with van der Waals surface area (Å²) in [6.45, 7) is 1.54. The molecule has 0 atom stereocenters. The van der Waals surface area contributed by atoms with E-state index in [-0.39, 0.29) is 12.1 Å². The molecular weight excluding hydrogens is 198 g/mol. The highest BCUT2D eigenvalue weighted by Crippen LogP contribution is 2.21. The van der Waals surface area contributed by atoms with E-state index in [4.69, 9.17) is 9.22 Å². The number of aromatic carboxylic acids is 1. The van der Waals surface area contributed by atoms with Gasteiger partial charge in [-0.15, -0.1) is 0 Å². The Kier molecular flexibility index (Phi) is 2.16. The second-order valence-electron chi connectivity index (χ2n) is 2.68. The van der Waals surface area contributed by atoms with Crippen LogP contribution in [0.15, 0.2) is 18.1 Å². The summed E-state index contributed by atoms with van der Waals surface area (Å²) in [5.74, 6) is -3.07. The van der Waals surface area contributed by atoms with E-state index in [1.54, 1.807) is 6.92 Å². The maximum atomic E-state index is 11.2. The van der Waals surface area contributed by atoms with Crippen molar-refractivity contribution >= 4 is 17.6 Å². The Bertz CT molecular complexity index is 531. The lowest BCUT2D eigenvalue weighted by molar-refractivity contribution is -0.115. The minimum Gasteiger partial charge on any atom is -0.507 e. The molecule has 3 N–H and O–H groups in total. The van der Waals surface area contributed by atoms with Gasteiger partial charge in [0.25, 0.3) is 0 Å². The fourth-order valence-corrected chi connectivity index (χ4v) is 0.845. The molecule has 0 aromatic heterocycles. The fourth-order valence-electron chi connectivity index (χ4n) is 0.845. The third kappa shape index (κ3) is 2.70. The Morgan fingerprint density at radius 3 is 2.73 bits per heavy atom. The van der Waals surface area contributed by atoms with Crippen molar-refractivity contribution in [3.8, 4) is 5.75 Å². The average Bonchev–Trinajstić information content (AvgIpc) is 2.31. The summed E-state index contributed by atoms with van der Waals surface area (Å²) in [6.07, 6.45) is 0.0789. The highest BCUT2D eigenvalue weighted by atomic mass is 16.4. The van der Waals surface area contributed by atoms with Crippen molar-refractivity contribution in [3.63, 3.8) is 0 Å². The molecule has 15 heavy (non-hydrogen) atoms. The molecule has 0 radical (unpaired) electrons. The van der Waals surface area contributed by atoms with Crippen molar-refractivity contribution in [2.75, 3.05) is 5.32 Å². The number of amides is 1. The minimum absolute atomic E-state index is 0.0789. The molecule has 0 saturated carbocycles. The number of aromatic hydroxyl groups is 1. The number of carboxylic acid groups (broad SMARTS) is 1. The first kappa shape index (κ1) is 7.28. The predicted molar refractivity (Wildman–Crippen MR) is 54.0 cm³/mol. The van der Waals surface area contributed by atoms with Gasteiger partial charge in [-0.3, -0.25) is 4.79 Å². The predicted octanol–water partition coefficient (Wildman–Crippen LogP) is 1.44. The van der Waals surface area contributed by atoms with Crippen molar-refractivity contribution < 1.29 is 23.9 Å². The number of carbonyl (C=O) groups is 2. The SMILES string of the molecule is [2H]c1c([2H])c(NC(=O)CC)c([2H])c(C(=O)O)c1O. The van der Waals surface area contributed by atoms with E-state index in [2.05, 4.69) is 5.32 Å². The molecule has 0 bridgehead atoms. The molecule has 1 amide bonds. The van der Waals surface area contributed by atoms with Gasteiger partial charge in [-0.1, -0.05) is 6.92 Å². The molecule has 0 aliphatic carbocycles. The third-order valence-electron chi connectivity index (χ3n) is 1.59. The number of hydrogen-bond acceptors (Lipinski definition) is 3. The highest BCUT2D eigenvalue weighted by molar-refractivity contribution is 5.95. The summed E-state index contributed by atoms with van der Waals surface area (Å²) in [6, 6.07) is -2.03. The van der Waals surface area contributed by atoms with Crippen LogP contribution in [0.1, 0.15) is 27.8 Å². The van der Waals surface area contributed by atoms with Crippen LogP contribution >= 0.6 is 0 Å². The normalized spacial score (nSPS) is 12.5. The number of rotatable bonds is 3. The van der Waals surface area contributed by atoms with Gasteiger partial charge in [0, 0.05) is 12.1 Å². The zero-order valence-corrected chi connectivity index (χ0v) is 7.92. The van der Waals surface area contributed by atoms with Crippen LogP contribution in [0.4, 0.5) is 5.69 Å². The van der Waals surface area contributed by atoms with E-state index in [1.807, 2.05) is 0 Å². The van der Waals surface area contributed by atoms with E-state index in [0.29, 0.717) is 0 Å². The molecule has 0 aliphatic rings. The van der Waals surface area contributed by atoms with Crippen LogP contribution in [0, 0.1) is 0 Å². The number of carboxylic acids is 1. The van der Waals surface area contributed by atoms with Crippen molar-refractivity contribution in [1.82, 2.24) is 0 Å². The highest BCUT2D eigenvalue weighted by Gasteiger charge is 2.10. The monoisotopic (exact) mass is 212 g/mol. The molecule has 1 aromatic carbocycles. The van der Waals surface area contributed by atoms with Gasteiger partial charge in [0.05, 0.1) is 4.11 Å².